The van der Waals surface area contributed by atoms with Gasteiger partial charge in [-0.2, -0.15) is 5.10 Å². The minimum absolute atomic E-state index is 0.0362. The molecule has 3 N–H and O–H groups in total. The van der Waals surface area contributed by atoms with Gasteiger partial charge in [0.25, 0.3) is 5.91 Å². The maximum atomic E-state index is 12.0. The standard InChI is InChI=1S/C13H12N4O2/c18-12-4-9-1-2-10(3-11(9)17-12)13(19)14-5-8-6-15-16-7-8/h1-3,6-7H,4-5H2,(H,14,19)(H,15,16)(H,17,18). The molecule has 0 aliphatic carbocycles. The molecule has 0 radical (unpaired) electrons. The van der Waals surface area contributed by atoms with Crippen LogP contribution in [-0.2, 0) is 17.8 Å². The summed E-state index contributed by atoms with van der Waals surface area (Å²) >= 11 is 0. The van der Waals surface area contributed by atoms with E-state index >= 15 is 0 Å². The Labute approximate surface area is 109 Å². The summed E-state index contributed by atoms with van der Waals surface area (Å²) in [4.78, 5) is 23.2. The molecule has 2 amide bonds. The van der Waals surface area contributed by atoms with Crippen molar-refractivity contribution >= 4 is 17.5 Å². The highest BCUT2D eigenvalue weighted by Crippen LogP contribution is 2.23. The van der Waals surface area contributed by atoms with E-state index in [1.54, 1.807) is 30.6 Å². The lowest BCUT2D eigenvalue weighted by Gasteiger charge is -2.05. The summed E-state index contributed by atoms with van der Waals surface area (Å²) in [7, 11) is 0. The van der Waals surface area contributed by atoms with Crippen molar-refractivity contribution in [2.45, 2.75) is 13.0 Å². The summed E-state index contributed by atoms with van der Waals surface area (Å²) in [6.45, 7) is 0.415. The van der Waals surface area contributed by atoms with Crippen LogP contribution in [0.4, 0.5) is 5.69 Å². The van der Waals surface area contributed by atoms with E-state index in [9.17, 15) is 9.59 Å². The zero-order valence-electron chi connectivity index (χ0n) is 10.1. The second kappa shape index (κ2) is 4.56. The maximum Gasteiger partial charge on any atom is 0.251 e. The number of carbonyl (C=O) groups is 2. The number of amides is 2. The smallest absolute Gasteiger partial charge is 0.251 e. The van der Waals surface area contributed by atoms with Gasteiger partial charge in [-0.15, -0.1) is 0 Å². The third kappa shape index (κ3) is 2.33. The fourth-order valence-corrected chi connectivity index (χ4v) is 2.01. The number of nitrogens with zero attached hydrogens (tertiary/aromatic N) is 1. The van der Waals surface area contributed by atoms with Crippen molar-refractivity contribution in [2.24, 2.45) is 0 Å². The molecule has 0 bridgehead atoms. The first kappa shape index (κ1) is 11.5. The molecule has 19 heavy (non-hydrogen) atoms. The van der Waals surface area contributed by atoms with Gasteiger partial charge in [-0.25, -0.2) is 0 Å². The molecule has 0 saturated heterocycles. The summed E-state index contributed by atoms with van der Waals surface area (Å²) in [5.74, 6) is -0.212. The number of anilines is 1. The molecule has 1 aromatic carbocycles. The lowest BCUT2D eigenvalue weighted by molar-refractivity contribution is -0.115. The van der Waals surface area contributed by atoms with Crippen LogP contribution in [0.2, 0.25) is 0 Å². The lowest BCUT2D eigenvalue weighted by Crippen LogP contribution is -2.22. The van der Waals surface area contributed by atoms with E-state index in [2.05, 4.69) is 20.8 Å². The molecule has 0 fully saturated rings. The Morgan fingerprint density at radius 1 is 1.42 bits per heavy atom. The number of benzene rings is 1. The molecule has 1 aliphatic rings. The number of fused-ring (bicyclic) bond motifs is 1. The molecular weight excluding hydrogens is 244 g/mol. The molecule has 1 aliphatic heterocycles. The average molecular weight is 256 g/mol. The Kier molecular flexibility index (Phi) is 2.75. The second-order valence-electron chi connectivity index (χ2n) is 4.39. The van der Waals surface area contributed by atoms with E-state index in [0.29, 0.717) is 18.5 Å². The van der Waals surface area contributed by atoms with Crippen LogP contribution in [0.3, 0.4) is 0 Å². The predicted octanol–water partition coefficient (Wildman–Crippen LogP) is 0.834. The van der Waals surface area contributed by atoms with E-state index in [4.69, 9.17) is 0 Å². The molecule has 6 nitrogen and oxygen atoms in total. The zero-order valence-corrected chi connectivity index (χ0v) is 10.1. The van der Waals surface area contributed by atoms with Crippen molar-refractivity contribution in [1.82, 2.24) is 15.5 Å². The zero-order chi connectivity index (χ0) is 13.2. The molecule has 1 aromatic heterocycles. The monoisotopic (exact) mass is 256 g/mol. The number of hydrogen-bond donors (Lipinski definition) is 3. The van der Waals surface area contributed by atoms with E-state index < -0.39 is 0 Å². The van der Waals surface area contributed by atoms with Crippen molar-refractivity contribution < 1.29 is 9.59 Å². The van der Waals surface area contributed by atoms with Crippen LogP contribution in [0.5, 0.6) is 0 Å². The molecule has 96 valence electrons. The fourth-order valence-electron chi connectivity index (χ4n) is 2.01. The summed E-state index contributed by atoms with van der Waals surface area (Å²) in [6, 6.07) is 5.23. The van der Waals surface area contributed by atoms with Crippen LogP contribution in [0.1, 0.15) is 21.5 Å². The number of hydrogen-bond acceptors (Lipinski definition) is 3. The molecule has 0 atom stereocenters. The Hall–Kier alpha value is -2.63. The van der Waals surface area contributed by atoms with Crippen molar-refractivity contribution in [3.8, 4) is 0 Å². The number of H-pyrrole nitrogens is 1. The first-order valence-corrected chi connectivity index (χ1v) is 5.91. The first-order chi connectivity index (χ1) is 9.22. The van der Waals surface area contributed by atoms with E-state index in [1.807, 2.05) is 0 Å². The molecule has 2 heterocycles. The molecule has 0 saturated carbocycles. The number of nitrogens with one attached hydrogen (secondary N) is 3. The largest absolute Gasteiger partial charge is 0.348 e. The molecule has 6 heteroatoms. The minimum atomic E-state index is -0.176. The normalized spacial score (nSPS) is 12.9. The van der Waals surface area contributed by atoms with E-state index in [1.165, 1.54) is 0 Å². The van der Waals surface area contributed by atoms with Gasteiger partial charge in [-0.3, -0.25) is 14.7 Å². The quantitative estimate of drug-likeness (QED) is 0.760. The highest BCUT2D eigenvalue weighted by Gasteiger charge is 2.18. The van der Waals surface area contributed by atoms with Gasteiger partial charge in [0, 0.05) is 29.6 Å². The van der Waals surface area contributed by atoms with E-state index in [0.717, 1.165) is 16.8 Å². The van der Waals surface area contributed by atoms with Gasteiger partial charge >= 0.3 is 0 Å². The Bertz CT molecular complexity index is 634. The van der Waals surface area contributed by atoms with Gasteiger partial charge < -0.3 is 10.6 Å². The molecular formula is C13H12N4O2. The topological polar surface area (TPSA) is 86.9 Å². The highest BCUT2D eigenvalue weighted by molar-refractivity contribution is 6.02. The number of rotatable bonds is 3. The summed E-state index contributed by atoms with van der Waals surface area (Å²) < 4.78 is 0. The van der Waals surface area contributed by atoms with Crippen molar-refractivity contribution in [1.29, 1.82) is 0 Å². The number of aromatic nitrogens is 2. The van der Waals surface area contributed by atoms with Crippen LogP contribution >= 0.6 is 0 Å². The Balaban J connectivity index is 1.70. The average Bonchev–Trinajstić information content (AvgIpc) is 3.02. The molecule has 0 unspecified atom stereocenters. The third-order valence-corrected chi connectivity index (χ3v) is 3.01. The Morgan fingerprint density at radius 3 is 3.11 bits per heavy atom. The van der Waals surface area contributed by atoms with Crippen molar-refractivity contribution in [2.75, 3.05) is 5.32 Å². The van der Waals surface area contributed by atoms with Gasteiger partial charge in [0.1, 0.15) is 0 Å². The predicted molar refractivity (Wildman–Crippen MR) is 68.5 cm³/mol. The van der Waals surface area contributed by atoms with Crippen molar-refractivity contribution in [3.05, 3.63) is 47.3 Å². The maximum absolute atomic E-state index is 12.0. The lowest BCUT2D eigenvalue weighted by atomic mass is 10.1. The Morgan fingerprint density at radius 2 is 2.32 bits per heavy atom. The van der Waals surface area contributed by atoms with Crippen LogP contribution in [0.25, 0.3) is 0 Å². The van der Waals surface area contributed by atoms with Gasteiger partial charge in [0.15, 0.2) is 0 Å². The van der Waals surface area contributed by atoms with Crippen molar-refractivity contribution in [3.63, 3.8) is 0 Å². The van der Waals surface area contributed by atoms with E-state index in [-0.39, 0.29) is 11.8 Å². The van der Waals surface area contributed by atoms with Crippen LogP contribution in [-0.4, -0.2) is 22.0 Å². The molecule has 2 aromatic rings. The van der Waals surface area contributed by atoms with Crippen LogP contribution in [0, 0.1) is 0 Å². The first-order valence-electron chi connectivity index (χ1n) is 5.91. The second-order valence-corrected chi connectivity index (χ2v) is 4.39. The van der Waals surface area contributed by atoms with Crippen LogP contribution in [0.15, 0.2) is 30.6 Å². The highest BCUT2D eigenvalue weighted by atomic mass is 16.2. The van der Waals surface area contributed by atoms with Gasteiger partial charge in [0.2, 0.25) is 5.91 Å². The summed E-state index contributed by atoms with van der Waals surface area (Å²) in [6.07, 6.45) is 3.76. The van der Waals surface area contributed by atoms with Crippen LogP contribution < -0.4 is 10.6 Å². The molecule has 0 spiro atoms. The summed E-state index contributed by atoms with van der Waals surface area (Å²) in [5.41, 5.74) is 3.09. The summed E-state index contributed by atoms with van der Waals surface area (Å²) in [5, 5.41) is 12.0. The SMILES string of the molecule is O=C1Cc2ccc(C(=O)NCc3cn[nH]c3)cc2N1. The number of carbonyl (C=O) groups excluding carboxylic acids is 2. The fraction of sp³-hybridized carbons (Fsp3) is 0.154. The third-order valence-electron chi connectivity index (χ3n) is 3.01. The minimum Gasteiger partial charge on any atom is -0.348 e. The molecule has 3 rings (SSSR count). The van der Waals surface area contributed by atoms with Gasteiger partial charge in [-0.05, 0) is 17.7 Å². The number of aromatic amines is 1. The van der Waals surface area contributed by atoms with Gasteiger partial charge in [-0.1, -0.05) is 6.07 Å². The van der Waals surface area contributed by atoms with Gasteiger partial charge in [0.05, 0.1) is 12.6 Å².